The molecule has 0 heterocycles. The number of allylic oxidation sites excluding steroid dienone is 2. The quantitative estimate of drug-likeness (QED) is 0.589. The number of hydrogen-bond acceptors (Lipinski definition) is 0. The first-order valence-corrected chi connectivity index (χ1v) is 8.73. The summed E-state index contributed by atoms with van der Waals surface area (Å²) in [7, 11) is 0. The Morgan fingerprint density at radius 1 is 0.913 bits per heavy atom. The molecule has 1 atom stereocenters. The standard InChI is InChI=1S/C21H24F2/c1-2-3-15-4-6-16(7-5-15)17-8-10-18(11-9-17)19-12-20(22)14-21(23)13-19/h10,12-17H,4-9,11H2,1H3. The number of hydrogen-bond donors (Lipinski definition) is 0. The van der Waals surface area contributed by atoms with Crippen molar-refractivity contribution in [3.05, 3.63) is 41.5 Å². The van der Waals surface area contributed by atoms with Crippen molar-refractivity contribution in [1.29, 1.82) is 0 Å². The summed E-state index contributed by atoms with van der Waals surface area (Å²) in [6, 6.07) is 3.83. The molecule has 1 fully saturated rings. The van der Waals surface area contributed by atoms with E-state index in [0.717, 1.165) is 42.7 Å². The highest BCUT2D eigenvalue weighted by atomic mass is 19.1. The largest absolute Gasteiger partial charge is 0.207 e. The molecule has 0 saturated heterocycles. The third kappa shape index (κ3) is 4.02. The maximum Gasteiger partial charge on any atom is 0.126 e. The van der Waals surface area contributed by atoms with Crippen LogP contribution in [0.3, 0.4) is 0 Å². The van der Waals surface area contributed by atoms with Gasteiger partial charge in [0.1, 0.15) is 11.6 Å². The minimum absolute atomic E-state index is 0.488. The van der Waals surface area contributed by atoms with Crippen LogP contribution >= 0.6 is 0 Å². The van der Waals surface area contributed by atoms with E-state index in [1.165, 1.54) is 37.8 Å². The molecular formula is C21H24F2. The normalized spacial score (nSPS) is 27.8. The van der Waals surface area contributed by atoms with Gasteiger partial charge in [0.25, 0.3) is 0 Å². The molecule has 0 aliphatic heterocycles. The summed E-state index contributed by atoms with van der Waals surface area (Å²) in [5.41, 5.74) is 1.81. The van der Waals surface area contributed by atoms with Gasteiger partial charge >= 0.3 is 0 Å². The van der Waals surface area contributed by atoms with Crippen molar-refractivity contribution in [2.75, 3.05) is 0 Å². The first-order chi connectivity index (χ1) is 11.2. The van der Waals surface area contributed by atoms with Crippen LogP contribution in [-0.2, 0) is 0 Å². The number of rotatable bonds is 2. The molecule has 0 radical (unpaired) electrons. The Labute approximate surface area is 138 Å². The minimum Gasteiger partial charge on any atom is -0.207 e. The van der Waals surface area contributed by atoms with Crippen LogP contribution < -0.4 is 0 Å². The second kappa shape index (κ2) is 7.30. The third-order valence-corrected chi connectivity index (χ3v) is 5.47. The first-order valence-electron chi connectivity index (χ1n) is 8.73. The van der Waals surface area contributed by atoms with E-state index in [2.05, 4.69) is 17.9 Å². The highest BCUT2D eigenvalue weighted by Gasteiger charge is 2.28. The van der Waals surface area contributed by atoms with Gasteiger partial charge < -0.3 is 0 Å². The second-order valence-electron chi connectivity index (χ2n) is 6.93. The molecule has 0 nitrogen and oxygen atoms in total. The SMILES string of the molecule is CC#CC1CCC(C2CC=C(c3cc(F)cc(F)c3)CC2)CC1. The molecule has 0 bridgehead atoms. The Kier molecular flexibility index (Phi) is 5.16. The van der Waals surface area contributed by atoms with Crippen LogP contribution in [0.25, 0.3) is 5.57 Å². The average Bonchev–Trinajstić information content (AvgIpc) is 2.55. The van der Waals surface area contributed by atoms with Gasteiger partial charge in [-0.1, -0.05) is 6.08 Å². The highest BCUT2D eigenvalue weighted by Crippen LogP contribution is 2.41. The minimum atomic E-state index is -0.488. The van der Waals surface area contributed by atoms with Crippen LogP contribution in [0, 0.1) is 41.2 Å². The fraction of sp³-hybridized carbons (Fsp3) is 0.524. The van der Waals surface area contributed by atoms with E-state index in [0.29, 0.717) is 11.5 Å². The van der Waals surface area contributed by atoms with Gasteiger partial charge in [-0.05, 0) is 87.0 Å². The summed E-state index contributed by atoms with van der Waals surface area (Å²) < 4.78 is 26.7. The summed E-state index contributed by atoms with van der Waals surface area (Å²) in [6.07, 6.45) is 10.3. The van der Waals surface area contributed by atoms with Gasteiger partial charge in [-0.15, -0.1) is 11.8 Å². The van der Waals surface area contributed by atoms with Crippen molar-refractivity contribution >= 4 is 5.57 Å². The van der Waals surface area contributed by atoms with Crippen LogP contribution in [0.15, 0.2) is 24.3 Å². The Hall–Kier alpha value is -1.62. The molecule has 3 rings (SSSR count). The van der Waals surface area contributed by atoms with Crippen molar-refractivity contribution < 1.29 is 8.78 Å². The smallest absolute Gasteiger partial charge is 0.126 e. The van der Waals surface area contributed by atoms with Gasteiger partial charge in [0, 0.05) is 12.0 Å². The number of halogens is 2. The fourth-order valence-corrected chi connectivity index (χ4v) is 4.22. The summed E-state index contributed by atoms with van der Waals surface area (Å²) in [4.78, 5) is 0. The lowest BCUT2D eigenvalue weighted by atomic mass is 9.71. The van der Waals surface area contributed by atoms with E-state index in [4.69, 9.17) is 0 Å². The molecule has 2 heteroatoms. The monoisotopic (exact) mass is 314 g/mol. The van der Waals surface area contributed by atoms with Crippen molar-refractivity contribution in [3.8, 4) is 11.8 Å². The lowest BCUT2D eigenvalue weighted by molar-refractivity contribution is 0.215. The molecule has 122 valence electrons. The van der Waals surface area contributed by atoms with Gasteiger partial charge in [0.2, 0.25) is 0 Å². The molecule has 1 saturated carbocycles. The molecule has 1 unspecified atom stereocenters. The van der Waals surface area contributed by atoms with E-state index in [1.807, 2.05) is 6.92 Å². The Bertz CT molecular complexity index is 619. The molecule has 1 aromatic carbocycles. The first kappa shape index (κ1) is 16.2. The molecule has 0 aromatic heterocycles. The lowest BCUT2D eigenvalue weighted by Crippen LogP contribution is -2.22. The zero-order valence-corrected chi connectivity index (χ0v) is 13.7. The van der Waals surface area contributed by atoms with Crippen LogP contribution in [-0.4, -0.2) is 0 Å². The van der Waals surface area contributed by atoms with Crippen LogP contribution in [0.2, 0.25) is 0 Å². The zero-order chi connectivity index (χ0) is 16.2. The topological polar surface area (TPSA) is 0 Å². The maximum atomic E-state index is 13.4. The second-order valence-corrected chi connectivity index (χ2v) is 6.93. The van der Waals surface area contributed by atoms with E-state index < -0.39 is 11.6 Å². The van der Waals surface area contributed by atoms with Crippen LogP contribution in [0.5, 0.6) is 0 Å². The summed E-state index contributed by atoms with van der Waals surface area (Å²) in [5.74, 6) is 7.51. The van der Waals surface area contributed by atoms with E-state index in [-0.39, 0.29) is 0 Å². The fourth-order valence-electron chi connectivity index (χ4n) is 4.22. The highest BCUT2D eigenvalue weighted by molar-refractivity contribution is 5.66. The van der Waals surface area contributed by atoms with Crippen LogP contribution in [0.4, 0.5) is 8.78 Å². The van der Waals surface area contributed by atoms with Gasteiger partial charge in [0.15, 0.2) is 0 Å². The number of benzene rings is 1. The summed E-state index contributed by atoms with van der Waals surface area (Å²) in [5, 5.41) is 0. The summed E-state index contributed by atoms with van der Waals surface area (Å²) in [6.45, 7) is 1.93. The van der Waals surface area contributed by atoms with E-state index in [1.54, 1.807) is 0 Å². The molecule has 23 heavy (non-hydrogen) atoms. The third-order valence-electron chi connectivity index (χ3n) is 5.47. The van der Waals surface area contributed by atoms with Crippen molar-refractivity contribution in [1.82, 2.24) is 0 Å². The van der Waals surface area contributed by atoms with Crippen LogP contribution in [0.1, 0.15) is 57.4 Å². The molecule has 2 aliphatic carbocycles. The Morgan fingerprint density at radius 2 is 1.61 bits per heavy atom. The Balaban J connectivity index is 1.61. The lowest BCUT2D eigenvalue weighted by Gasteiger charge is -2.34. The van der Waals surface area contributed by atoms with Gasteiger partial charge in [0.05, 0.1) is 0 Å². The van der Waals surface area contributed by atoms with Gasteiger partial charge in [-0.25, -0.2) is 8.78 Å². The van der Waals surface area contributed by atoms with E-state index >= 15 is 0 Å². The molecule has 1 aromatic rings. The predicted octanol–water partition coefficient (Wildman–Crippen LogP) is 5.98. The van der Waals surface area contributed by atoms with Crippen molar-refractivity contribution in [3.63, 3.8) is 0 Å². The molecule has 2 aliphatic rings. The Morgan fingerprint density at radius 3 is 2.17 bits per heavy atom. The van der Waals surface area contributed by atoms with Crippen molar-refractivity contribution in [2.24, 2.45) is 17.8 Å². The molecule has 0 spiro atoms. The maximum absolute atomic E-state index is 13.4. The van der Waals surface area contributed by atoms with E-state index in [9.17, 15) is 8.78 Å². The van der Waals surface area contributed by atoms with Crippen molar-refractivity contribution in [2.45, 2.75) is 51.9 Å². The average molecular weight is 314 g/mol. The predicted molar refractivity (Wildman–Crippen MR) is 90.6 cm³/mol. The van der Waals surface area contributed by atoms with Gasteiger partial charge in [-0.2, -0.15) is 0 Å². The molecular weight excluding hydrogens is 290 g/mol. The van der Waals surface area contributed by atoms with Gasteiger partial charge in [-0.3, -0.25) is 0 Å². The zero-order valence-electron chi connectivity index (χ0n) is 13.7. The molecule has 0 N–H and O–H groups in total. The summed E-state index contributed by atoms with van der Waals surface area (Å²) >= 11 is 0. The molecule has 0 amide bonds.